The maximum absolute atomic E-state index is 12.9. The normalized spacial score (nSPS) is 14.5. The van der Waals surface area contributed by atoms with Gasteiger partial charge in [-0.3, -0.25) is 19.3 Å². The molecule has 172 valence electrons. The van der Waals surface area contributed by atoms with Gasteiger partial charge in [-0.05, 0) is 61.0 Å². The van der Waals surface area contributed by atoms with E-state index in [1.165, 1.54) is 4.90 Å². The zero-order valence-electron chi connectivity index (χ0n) is 18.9. The van der Waals surface area contributed by atoms with Gasteiger partial charge in [0, 0.05) is 11.3 Å². The molecule has 3 amide bonds. The molecule has 1 saturated heterocycles. The van der Waals surface area contributed by atoms with E-state index >= 15 is 0 Å². The minimum absolute atomic E-state index is 0.187. The summed E-state index contributed by atoms with van der Waals surface area (Å²) in [6.07, 6.45) is 1.63. The largest absolute Gasteiger partial charge is 0.483 e. The van der Waals surface area contributed by atoms with E-state index in [1.54, 1.807) is 24.3 Å². The van der Waals surface area contributed by atoms with Crippen LogP contribution in [0.25, 0.3) is 6.08 Å². The zero-order chi connectivity index (χ0) is 24.1. The minimum atomic E-state index is -0.345. The van der Waals surface area contributed by atoms with Crippen LogP contribution in [0, 0.1) is 13.8 Å². The number of imide groups is 1. The molecule has 6 nitrogen and oxygen atoms in total. The summed E-state index contributed by atoms with van der Waals surface area (Å²) in [6, 6.07) is 22.3. The van der Waals surface area contributed by atoms with Gasteiger partial charge in [-0.25, -0.2) is 0 Å². The number of amides is 3. The molecule has 0 radical (unpaired) electrons. The quantitative estimate of drug-likeness (QED) is 0.456. The van der Waals surface area contributed by atoms with Crippen LogP contribution in [-0.2, 0) is 16.1 Å². The number of carbonyl (C=O) groups is 3. The van der Waals surface area contributed by atoms with Crippen LogP contribution in [0.15, 0.2) is 77.7 Å². The lowest BCUT2D eigenvalue weighted by molar-refractivity contribution is -0.123. The van der Waals surface area contributed by atoms with Crippen LogP contribution >= 0.6 is 11.8 Å². The van der Waals surface area contributed by atoms with Crippen LogP contribution in [0.2, 0.25) is 0 Å². The predicted octanol–water partition coefficient (Wildman–Crippen LogP) is 5.56. The maximum Gasteiger partial charge on any atom is 0.293 e. The average Bonchev–Trinajstić information content (AvgIpc) is 3.07. The van der Waals surface area contributed by atoms with Crippen LogP contribution in [0.1, 0.15) is 22.3 Å². The molecule has 3 aromatic carbocycles. The molecule has 1 N–H and O–H groups in total. The first-order chi connectivity index (χ1) is 16.4. The Labute approximate surface area is 202 Å². The molecule has 0 aromatic heterocycles. The highest BCUT2D eigenvalue weighted by atomic mass is 32.2. The second-order valence-corrected chi connectivity index (χ2v) is 8.99. The van der Waals surface area contributed by atoms with Gasteiger partial charge >= 0.3 is 0 Å². The van der Waals surface area contributed by atoms with Crippen molar-refractivity contribution >= 4 is 40.6 Å². The fourth-order valence-corrected chi connectivity index (χ4v) is 4.28. The van der Waals surface area contributed by atoms with Gasteiger partial charge in [0.25, 0.3) is 17.1 Å². The summed E-state index contributed by atoms with van der Waals surface area (Å²) >= 11 is 0.899. The number of nitrogens with zero attached hydrogens (tertiary/aromatic N) is 1. The SMILES string of the molecule is Cc1ccc(CN2C(=O)S/C(=C\c3ccccc3OCC(=O)Nc3cccc(C)c3)C2=O)cc1. The number of nitrogens with one attached hydrogen (secondary N) is 1. The number of aryl methyl sites for hydroxylation is 2. The molecule has 0 atom stereocenters. The maximum atomic E-state index is 12.9. The van der Waals surface area contributed by atoms with Gasteiger partial charge < -0.3 is 10.1 Å². The lowest BCUT2D eigenvalue weighted by Gasteiger charge is -2.12. The highest BCUT2D eigenvalue weighted by molar-refractivity contribution is 8.18. The number of benzene rings is 3. The van der Waals surface area contributed by atoms with E-state index in [0.29, 0.717) is 21.9 Å². The van der Waals surface area contributed by atoms with E-state index in [0.717, 1.165) is 28.5 Å². The third-order valence-corrected chi connectivity index (χ3v) is 6.11. The molecule has 4 rings (SSSR count). The number of ether oxygens (including phenoxy) is 1. The van der Waals surface area contributed by atoms with E-state index in [-0.39, 0.29) is 30.2 Å². The van der Waals surface area contributed by atoms with Crippen molar-refractivity contribution in [2.24, 2.45) is 0 Å². The summed E-state index contributed by atoms with van der Waals surface area (Å²) in [5.74, 6) is -0.186. The topological polar surface area (TPSA) is 75.7 Å². The van der Waals surface area contributed by atoms with Crippen molar-refractivity contribution in [1.29, 1.82) is 0 Å². The summed E-state index contributed by atoms with van der Waals surface area (Å²) in [6.45, 7) is 3.97. The van der Waals surface area contributed by atoms with Gasteiger partial charge in [-0.1, -0.05) is 60.2 Å². The lowest BCUT2D eigenvalue weighted by atomic mass is 10.1. The van der Waals surface area contributed by atoms with Crippen molar-refractivity contribution in [2.45, 2.75) is 20.4 Å². The van der Waals surface area contributed by atoms with Crippen LogP contribution in [0.4, 0.5) is 10.5 Å². The summed E-state index contributed by atoms with van der Waals surface area (Å²) in [4.78, 5) is 39.3. The molecular weight excluding hydrogens is 448 g/mol. The standard InChI is InChI=1S/C27H24N2O4S/c1-18-10-12-20(13-11-18)16-29-26(31)24(34-27(29)32)15-21-7-3-4-9-23(21)33-17-25(30)28-22-8-5-6-19(2)14-22/h3-15H,16-17H2,1-2H3,(H,28,30)/b24-15-. The van der Waals surface area contributed by atoms with Gasteiger partial charge in [-0.15, -0.1) is 0 Å². The lowest BCUT2D eigenvalue weighted by Crippen LogP contribution is -2.27. The molecule has 1 aliphatic rings. The molecule has 0 aliphatic carbocycles. The van der Waals surface area contributed by atoms with E-state index in [2.05, 4.69) is 5.32 Å². The Hall–Kier alpha value is -3.84. The summed E-state index contributed by atoms with van der Waals surface area (Å²) in [5.41, 5.74) is 4.36. The molecule has 3 aromatic rings. The molecule has 1 fully saturated rings. The van der Waals surface area contributed by atoms with Crippen molar-refractivity contribution in [2.75, 3.05) is 11.9 Å². The molecule has 7 heteroatoms. The number of thioether (sulfide) groups is 1. The predicted molar refractivity (Wildman–Crippen MR) is 134 cm³/mol. The van der Waals surface area contributed by atoms with Crippen molar-refractivity contribution in [3.8, 4) is 5.75 Å². The molecular formula is C27H24N2O4S. The zero-order valence-corrected chi connectivity index (χ0v) is 19.7. The number of rotatable bonds is 7. The third kappa shape index (κ3) is 5.74. The highest BCUT2D eigenvalue weighted by Gasteiger charge is 2.35. The van der Waals surface area contributed by atoms with Crippen LogP contribution in [0.5, 0.6) is 5.75 Å². The Morgan fingerprint density at radius 3 is 2.50 bits per heavy atom. The first-order valence-corrected chi connectivity index (χ1v) is 11.6. The second kappa shape index (κ2) is 10.4. The van der Waals surface area contributed by atoms with Gasteiger partial charge in [0.15, 0.2) is 6.61 Å². The number of para-hydroxylation sites is 1. The average molecular weight is 473 g/mol. The Kier molecular flexibility index (Phi) is 7.13. The number of carbonyl (C=O) groups excluding carboxylic acids is 3. The van der Waals surface area contributed by atoms with Crippen molar-refractivity contribution < 1.29 is 19.1 Å². The summed E-state index contributed by atoms with van der Waals surface area (Å²) < 4.78 is 5.73. The molecule has 0 spiro atoms. The van der Waals surface area contributed by atoms with Gasteiger partial charge in [0.05, 0.1) is 11.4 Å². The van der Waals surface area contributed by atoms with Crippen molar-refractivity contribution in [1.82, 2.24) is 4.90 Å². The molecule has 0 bridgehead atoms. The fraction of sp³-hybridized carbons (Fsp3) is 0.148. The molecule has 34 heavy (non-hydrogen) atoms. The first kappa shape index (κ1) is 23.3. The van der Waals surface area contributed by atoms with Crippen molar-refractivity contribution in [3.63, 3.8) is 0 Å². The van der Waals surface area contributed by atoms with Gasteiger partial charge in [-0.2, -0.15) is 0 Å². The summed E-state index contributed by atoms with van der Waals surface area (Å²) in [5, 5.41) is 2.49. The number of hydrogen-bond donors (Lipinski definition) is 1. The summed E-state index contributed by atoms with van der Waals surface area (Å²) in [7, 11) is 0. The van der Waals surface area contributed by atoms with Crippen LogP contribution < -0.4 is 10.1 Å². The van der Waals surface area contributed by atoms with Crippen molar-refractivity contribution in [3.05, 3.63) is 100.0 Å². The first-order valence-electron chi connectivity index (χ1n) is 10.8. The monoisotopic (exact) mass is 472 g/mol. The second-order valence-electron chi connectivity index (χ2n) is 8.00. The Morgan fingerprint density at radius 2 is 1.74 bits per heavy atom. The van der Waals surface area contributed by atoms with Gasteiger partial charge in [0.2, 0.25) is 0 Å². The van der Waals surface area contributed by atoms with Crippen LogP contribution in [0.3, 0.4) is 0 Å². The van der Waals surface area contributed by atoms with E-state index in [9.17, 15) is 14.4 Å². The number of anilines is 1. The third-order valence-electron chi connectivity index (χ3n) is 5.20. The minimum Gasteiger partial charge on any atom is -0.483 e. The smallest absolute Gasteiger partial charge is 0.293 e. The Bertz CT molecular complexity index is 1270. The van der Waals surface area contributed by atoms with E-state index in [4.69, 9.17) is 4.74 Å². The van der Waals surface area contributed by atoms with Crippen LogP contribution in [-0.4, -0.2) is 28.6 Å². The highest BCUT2D eigenvalue weighted by Crippen LogP contribution is 2.35. The van der Waals surface area contributed by atoms with Gasteiger partial charge in [0.1, 0.15) is 5.75 Å². The van der Waals surface area contributed by atoms with E-state index in [1.807, 2.05) is 68.4 Å². The van der Waals surface area contributed by atoms with E-state index < -0.39 is 0 Å². The molecule has 0 unspecified atom stereocenters. The molecule has 0 saturated carbocycles. The Morgan fingerprint density at radius 1 is 0.971 bits per heavy atom. The molecule has 1 aliphatic heterocycles. The Balaban J connectivity index is 1.44. The molecule has 1 heterocycles. The fourth-order valence-electron chi connectivity index (χ4n) is 3.45. The number of hydrogen-bond acceptors (Lipinski definition) is 5.